The van der Waals surface area contributed by atoms with Crippen LogP contribution >= 0.6 is 0 Å². The Balaban J connectivity index is 2.08. The quantitative estimate of drug-likeness (QED) is 0.700. The first-order chi connectivity index (χ1) is 13.4. The Hall–Kier alpha value is -3.62. The predicted molar refractivity (Wildman–Crippen MR) is 95.5 cm³/mol. The monoisotopic (exact) mass is 387 g/mol. The number of anilines is 1. The van der Waals surface area contributed by atoms with Crippen LogP contribution < -0.4 is 10.3 Å². The van der Waals surface area contributed by atoms with Crippen LogP contribution in [0.15, 0.2) is 47.4 Å². The lowest BCUT2D eigenvalue weighted by Crippen LogP contribution is -2.24. The van der Waals surface area contributed by atoms with Crippen LogP contribution in [-0.4, -0.2) is 33.7 Å². The molecule has 0 unspecified atom stereocenters. The molecule has 1 aliphatic heterocycles. The summed E-state index contributed by atoms with van der Waals surface area (Å²) in [6.45, 7) is 0.801. The van der Waals surface area contributed by atoms with E-state index < -0.39 is 34.4 Å². The van der Waals surface area contributed by atoms with Crippen molar-refractivity contribution in [3.63, 3.8) is 0 Å². The molecule has 142 valence electrons. The van der Waals surface area contributed by atoms with E-state index in [0.717, 1.165) is 29.0 Å². The number of aromatic carboxylic acids is 1. The SMILES string of the molecule is O=C(O)c1cn(-c2ccc(F)cc2F)c2nc(N3CC=CC3)c(F)cc2c1=O. The van der Waals surface area contributed by atoms with Gasteiger partial charge in [-0.15, -0.1) is 0 Å². The number of hydrogen-bond donors (Lipinski definition) is 1. The molecule has 2 aromatic heterocycles. The molecule has 0 fully saturated rings. The summed E-state index contributed by atoms with van der Waals surface area (Å²) in [5.41, 5.74) is -1.99. The number of carboxylic acids is 1. The second-order valence-corrected chi connectivity index (χ2v) is 6.18. The topological polar surface area (TPSA) is 75.4 Å². The zero-order valence-corrected chi connectivity index (χ0v) is 14.2. The molecule has 0 saturated heterocycles. The van der Waals surface area contributed by atoms with Crippen LogP contribution in [0.4, 0.5) is 19.0 Å². The highest BCUT2D eigenvalue weighted by Gasteiger charge is 2.22. The molecule has 0 spiro atoms. The fourth-order valence-corrected chi connectivity index (χ4v) is 3.10. The molecular weight excluding hydrogens is 375 g/mol. The van der Waals surface area contributed by atoms with Crippen molar-refractivity contribution in [1.82, 2.24) is 9.55 Å². The molecule has 1 aromatic carbocycles. The van der Waals surface area contributed by atoms with Crippen LogP contribution in [0.2, 0.25) is 0 Å². The summed E-state index contributed by atoms with van der Waals surface area (Å²) in [4.78, 5) is 29.7. The molecule has 3 aromatic rings. The molecular formula is C19H12F3N3O3. The van der Waals surface area contributed by atoms with Gasteiger partial charge >= 0.3 is 5.97 Å². The zero-order valence-electron chi connectivity index (χ0n) is 14.2. The van der Waals surface area contributed by atoms with Crippen molar-refractivity contribution in [3.8, 4) is 5.69 Å². The Morgan fingerprint density at radius 1 is 1.07 bits per heavy atom. The van der Waals surface area contributed by atoms with Gasteiger partial charge in [-0.25, -0.2) is 22.9 Å². The molecule has 3 heterocycles. The van der Waals surface area contributed by atoms with Crippen LogP contribution in [0.1, 0.15) is 10.4 Å². The van der Waals surface area contributed by atoms with E-state index in [1.165, 1.54) is 0 Å². The first-order valence-corrected chi connectivity index (χ1v) is 8.21. The Morgan fingerprint density at radius 2 is 1.79 bits per heavy atom. The van der Waals surface area contributed by atoms with E-state index in [1.807, 2.05) is 12.2 Å². The minimum atomic E-state index is -1.56. The van der Waals surface area contributed by atoms with Gasteiger partial charge in [0.05, 0.1) is 11.1 Å². The molecule has 6 nitrogen and oxygen atoms in total. The van der Waals surface area contributed by atoms with E-state index in [0.29, 0.717) is 19.2 Å². The third-order valence-electron chi connectivity index (χ3n) is 4.43. The summed E-state index contributed by atoms with van der Waals surface area (Å²) in [6, 6.07) is 3.58. The number of aromatic nitrogens is 2. The van der Waals surface area contributed by atoms with E-state index in [2.05, 4.69) is 4.98 Å². The molecule has 4 rings (SSSR count). The number of carboxylic acid groups (broad SMARTS) is 1. The number of fused-ring (bicyclic) bond motifs is 1. The minimum Gasteiger partial charge on any atom is -0.477 e. The van der Waals surface area contributed by atoms with Crippen molar-refractivity contribution in [3.05, 3.63) is 75.9 Å². The lowest BCUT2D eigenvalue weighted by atomic mass is 10.1. The third kappa shape index (κ3) is 2.81. The summed E-state index contributed by atoms with van der Waals surface area (Å²) in [5.74, 6) is -4.24. The molecule has 0 saturated carbocycles. The Bertz CT molecular complexity index is 1210. The summed E-state index contributed by atoms with van der Waals surface area (Å²) in [6.07, 6.45) is 4.53. The summed E-state index contributed by atoms with van der Waals surface area (Å²) >= 11 is 0. The fraction of sp³-hybridized carbons (Fsp3) is 0.105. The van der Waals surface area contributed by atoms with Crippen LogP contribution in [0.3, 0.4) is 0 Å². The van der Waals surface area contributed by atoms with E-state index >= 15 is 0 Å². The van der Waals surface area contributed by atoms with Crippen molar-refractivity contribution in [1.29, 1.82) is 0 Å². The lowest BCUT2D eigenvalue weighted by Gasteiger charge is -2.19. The number of nitrogens with zero attached hydrogens (tertiary/aromatic N) is 3. The van der Waals surface area contributed by atoms with Crippen LogP contribution in [0.25, 0.3) is 16.7 Å². The van der Waals surface area contributed by atoms with Gasteiger partial charge < -0.3 is 10.0 Å². The molecule has 9 heteroatoms. The lowest BCUT2D eigenvalue weighted by molar-refractivity contribution is 0.0695. The van der Waals surface area contributed by atoms with Crippen molar-refractivity contribution >= 4 is 22.8 Å². The first kappa shape index (κ1) is 17.8. The van der Waals surface area contributed by atoms with Gasteiger partial charge in [0.2, 0.25) is 5.43 Å². The Kier molecular flexibility index (Phi) is 4.14. The molecule has 1 aliphatic rings. The molecule has 0 amide bonds. The maximum atomic E-state index is 14.6. The fourth-order valence-electron chi connectivity index (χ4n) is 3.10. The van der Waals surface area contributed by atoms with Crippen LogP contribution in [0, 0.1) is 17.5 Å². The highest BCUT2D eigenvalue weighted by atomic mass is 19.1. The normalized spacial score (nSPS) is 13.5. The Labute approximate surface area is 155 Å². The summed E-state index contributed by atoms with van der Waals surface area (Å²) in [5, 5.41) is 8.99. The van der Waals surface area contributed by atoms with Gasteiger partial charge in [0.1, 0.15) is 17.2 Å². The molecule has 1 N–H and O–H groups in total. The van der Waals surface area contributed by atoms with E-state index in [9.17, 15) is 27.9 Å². The molecule has 0 bridgehead atoms. The second-order valence-electron chi connectivity index (χ2n) is 6.18. The van der Waals surface area contributed by atoms with Crippen molar-refractivity contribution in [2.75, 3.05) is 18.0 Å². The average Bonchev–Trinajstić information content (AvgIpc) is 3.17. The number of pyridine rings is 2. The number of benzene rings is 1. The molecule has 0 aliphatic carbocycles. The number of halogens is 3. The van der Waals surface area contributed by atoms with E-state index in [-0.39, 0.29) is 22.5 Å². The van der Waals surface area contributed by atoms with Crippen LogP contribution in [0.5, 0.6) is 0 Å². The summed E-state index contributed by atoms with van der Waals surface area (Å²) < 4.78 is 43.3. The van der Waals surface area contributed by atoms with Gasteiger partial charge in [-0.3, -0.25) is 9.36 Å². The number of hydrogen-bond acceptors (Lipinski definition) is 4. The molecule has 0 radical (unpaired) electrons. The molecule has 28 heavy (non-hydrogen) atoms. The largest absolute Gasteiger partial charge is 0.477 e. The standard InChI is InChI=1S/C19H12F3N3O3/c20-10-3-4-15(13(21)7-10)25-9-12(19(27)28)16(26)11-8-14(22)18(23-17(11)25)24-5-1-2-6-24/h1-4,7-9H,5-6H2,(H,27,28). The smallest absolute Gasteiger partial charge is 0.341 e. The maximum Gasteiger partial charge on any atom is 0.341 e. The van der Waals surface area contributed by atoms with Gasteiger partial charge in [-0.05, 0) is 18.2 Å². The highest BCUT2D eigenvalue weighted by molar-refractivity contribution is 5.92. The van der Waals surface area contributed by atoms with Crippen molar-refractivity contribution < 1.29 is 23.1 Å². The Morgan fingerprint density at radius 3 is 2.43 bits per heavy atom. The van der Waals surface area contributed by atoms with Crippen molar-refractivity contribution in [2.45, 2.75) is 0 Å². The van der Waals surface area contributed by atoms with Crippen molar-refractivity contribution in [2.24, 2.45) is 0 Å². The number of carbonyl (C=O) groups is 1. The zero-order chi connectivity index (χ0) is 20.0. The van der Waals surface area contributed by atoms with E-state index in [1.54, 1.807) is 4.90 Å². The third-order valence-corrected chi connectivity index (χ3v) is 4.43. The second kappa shape index (κ2) is 6.52. The van der Waals surface area contributed by atoms with Gasteiger partial charge in [0.15, 0.2) is 17.3 Å². The van der Waals surface area contributed by atoms with Gasteiger partial charge in [-0.2, -0.15) is 0 Å². The van der Waals surface area contributed by atoms with Crippen LogP contribution in [-0.2, 0) is 0 Å². The first-order valence-electron chi connectivity index (χ1n) is 8.21. The van der Waals surface area contributed by atoms with Gasteiger partial charge in [0, 0.05) is 25.4 Å². The molecule has 0 atom stereocenters. The van der Waals surface area contributed by atoms with Gasteiger partial charge in [-0.1, -0.05) is 12.2 Å². The average molecular weight is 387 g/mol. The number of rotatable bonds is 3. The maximum absolute atomic E-state index is 14.6. The minimum absolute atomic E-state index is 0.0590. The predicted octanol–water partition coefficient (Wildman–Crippen LogP) is 2.88. The van der Waals surface area contributed by atoms with Gasteiger partial charge in [0.25, 0.3) is 0 Å². The highest BCUT2D eigenvalue weighted by Crippen LogP contribution is 2.25. The summed E-state index contributed by atoms with van der Waals surface area (Å²) in [7, 11) is 0. The van der Waals surface area contributed by atoms with E-state index in [4.69, 9.17) is 0 Å².